The van der Waals surface area contributed by atoms with Crippen LogP contribution in [0.1, 0.15) is 31.9 Å². The molecule has 0 bridgehead atoms. The van der Waals surface area contributed by atoms with Gasteiger partial charge >= 0.3 is 0 Å². The van der Waals surface area contributed by atoms with Gasteiger partial charge in [-0.3, -0.25) is 0 Å². The van der Waals surface area contributed by atoms with Crippen LogP contribution >= 0.6 is 23.1 Å². The molecule has 0 spiro atoms. The number of thiazole rings is 1. The molecule has 16 heavy (non-hydrogen) atoms. The highest BCUT2D eigenvalue weighted by molar-refractivity contribution is 8.01. The molecule has 1 fully saturated rings. The third kappa shape index (κ3) is 2.99. The van der Waals surface area contributed by atoms with Crippen molar-refractivity contribution in [3.63, 3.8) is 0 Å². The van der Waals surface area contributed by atoms with Gasteiger partial charge in [-0.25, -0.2) is 4.98 Å². The van der Waals surface area contributed by atoms with Crippen LogP contribution in [-0.2, 0) is 0 Å². The lowest BCUT2D eigenvalue weighted by molar-refractivity contribution is 0.306. The average molecular weight is 256 g/mol. The molecule has 0 aromatic carbocycles. The summed E-state index contributed by atoms with van der Waals surface area (Å²) in [7, 11) is 0. The molecule has 0 amide bonds. The van der Waals surface area contributed by atoms with E-state index in [9.17, 15) is 0 Å². The monoisotopic (exact) mass is 256 g/mol. The quantitative estimate of drug-likeness (QED) is 0.902. The van der Waals surface area contributed by atoms with Crippen molar-refractivity contribution in [1.29, 1.82) is 0 Å². The standard InChI is InChI=1S/C12H20N2S2/c1-8-3-4-10(6-13)11(5-8)16-12-14-9(2)7-15-12/h7-8,10-11H,3-6,13H2,1-2H3. The number of rotatable bonds is 3. The van der Waals surface area contributed by atoms with Gasteiger partial charge in [-0.15, -0.1) is 11.3 Å². The van der Waals surface area contributed by atoms with Crippen LogP contribution in [0.15, 0.2) is 9.72 Å². The largest absolute Gasteiger partial charge is 0.330 e. The Kier molecular flexibility index (Phi) is 4.27. The number of aromatic nitrogens is 1. The van der Waals surface area contributed by atoms with E-state index in [1.54, 1.807) is 11.3 Å². The van der Waals surface area contributed by atoms with Gasteiger partial charge in [0.15, 0.2) is 0 Å². The molecule has 2 N–H and O–H groups in total. The number of nitrogens with zero attached hydrogens (tertiary/aromatic N) is 1. The van der Waals surface area contributed by atoms with Gasteiger partial charge in [0.1, 0.15) is 4.34 Å². The Bertz CT molecular complexity index is 338. The highest BCUT2D eigenvalue weighted by atomic mass is 32.2. The SMILES string of the molecule is Cc1csc(SC2CC(C)CCC2CN)n1. The van der Waals surface area contributed by atoms with E-state index in [0.29, 0.717) is 11.2 Å². The molecule has 1 aliphatic carbocycles. The number of aryl methyl sites for hydroxylation is 1. The number of nitrogens with two attached hydrogens (primary N) is 1. The molecule has 2 nitrogen and oxygen atoms in total. The van der Waals surface area contributed by atoms with Crippen molar-refractivity contribution >= 4 is 23.1 Å². The van der Waals surface area contributed by atoms with Crippen LogP contribution in [0.3, 0.4) is 0 Å². The second-order valence-corrected chi connectivity index (χ2v) is 7.17. The third-order valence-corrected chi connectivity index (χ3v) is 5.85. The van der Waals surface area contributed by atoms with Crippen LogP contribution < -0.4 is 5.73 Å². The van der Waals surface area contributed by atoms with Crippen molar-refractivity contribution in [2.45, 2.75) is 42.7 Å². The van der Waals surface area contributed by atoms with Crippen molar-refractivity contribution in [2.75, 3.05) is 6.54 Å². The van der Waals surface area contributed by atoms with Crippen LogP contribution in [0, 0.1) is 18.8 Å². The van der Waals surface area contributed by atoms with Crippen LogP contribution in [0.25, 0.3) is 0 Å². The Balaban J connectivity index is 2.00. The summed E-state index contributed by atoms with van der Waals surface area (Å²) in [6.07, 6.45) is 3.93. The summed E-state index contributed by atoms with van der Waals surface area (Å²) in [5, 5.41) is 2.81. The first-order valence-electron chi connectivity index (χ1n) is 5.98. The Morgan fingerprint density at radius 3 is 3.00 bits per heavy atom. The van der Waals surface area contributed by atoms with Gasteiger partial charge in [0, 0.05) is 16.3 Å². The van der Waals surface area contributed by atoms with Crippen molar-refractivity contribution in [3.05, 3.63) is 11.1 Å². The normalized spacial score (nSPS) is 30.6. The van der Waals surface area contributed by atoms with E-state index in [4.69, 9.17) is 5.73 Å². The molecule has 1 aromatic heterocycles. The van der Waals surface area contributed by atoms with Crippen LogP contribution in [0.5, 0.6) is 0 Å². The lowest BCUT2D eigenvalue weighted by Gasteiger charge is -2.33. The topological polar surface area (TPSA) is 38.9 Å². The lowest BCUT2D eigenvalue weighted by Crippen LogP contribution is -2.31. The summed E-state index contributed by atoms with van der Waals surface area (Å²) < 4.78 is 1.22. The predicted molar refractivity (Wildman–Crippen MR) is 72.1 cm³/mol. The first kappa shape index (κ1) is 12.4. The van der Waals surface area contributed by atoms with Gasteiger partial charge in [0.25, 0.3) is 0 Å². The van der Waals surface area contributed by atoms with Gasteiger partial charge in [-0.2, -0.15) is 0 Å². The van der Waals surface area contributed by atoms with Crippen LogP contribution in [0.4, 0.5) is 0 Å². The van der Waals surface area contributed by atoms with Gasteiger partial charge in [0.2, 0.25) is 0 Å². The second kappa shape index (κ2) is 5.52. The molecule has 0 aliphatic heterocycles. The minimum Gasteiger partial charge on any atom is -0.330 e. The van der Waals surface area contributed by atoms with Crippen LogP contribution in [-0.4, -0.2) is 16.8 Å². The number of thioether (sulfide) groups is 1. The predicted octanol–water partition coefficient (Wildman–Crippen LogP) is 3.31. The molecular weight excluding hydrogens is 236 g/mol. The maximum absolute atomic E-state index is 5.87. The zero-order chi connectivity index (χ0) is 11.5. The molecule has 0 radical (unpaired) electrons. The molecule has 1 saturated carbocycles. The zero-order valence-corrected chi connectivity index (χ0v) is 11.6. The first-order valence-corrected chi connectivity index (χ1v) is 7.74. The molecule has 0 saturated heterocycles. The number of hydrogen-bond donors (Lipinski definition) is 1. The summed E-state index contributed by atoms with van der Waals surface area (Å²) in [5.74, 6) is 1.53. The highest BCUT2D eigenvalue weighted by Gasteiger charge is 2.29. The maximum Gasteiger partial charge on any atom is 0.150 e. The Morgan fingerprint density at radius 2 is 2.38 bits per heavy atom. The fourth-order valence-electron chi connectivity index (χ4n) is 2.32. The summed E-state index contributed by atoms with van der Waals surface area (Å²) in [6.45, 7) is 5.24. The van der Waals surface area contributed by atoms with E-state index < -0.39 is 0 Å². The Labute approximate surface area is 106 Å². The van der Waals surface area contributed by atoms with E-state index in [0.717, 1.165) is 18.2 Å². The fraction of sp³-hybridized carbons (Fsp3) is 0.750. The Morgan fingerprint density at radius 1 is 1.56 bits per heavy atom. The summed E-state index contributed by atoms with van der Waals surface area (Å²) in [5.41, 5.74) is 7.01. The van der Waals surface area contributed by atoms with Crippen molar-refractivity contribution in [3.8, 4) is 0 Å². The maximum atomic E-state index is 5.87. The molecular formula is C12H20N2S2. The lowest BCUT2D eigenvalue weighted by atomic mass is 9.82. The Hall–Kier alpha value is -0.0600. The van der Waals surface area contributed by atoms with E-state index >= 15 is 0 Å². The number of hydrogen-bond acceptors (Lipinski definition) is 4. The third-order valence-electron chi connectivity index (χ3n) is 3.34. The van der Waals surface area contributed by atoms with E-state index in [1.165, 1.54) is 23.6 Å². The van der Waals surface area contributed by atoms with E-state index in [2.05, 4.69) is 24.2 Å². The molecule has 1 aromatic rings. The molecule has 90 valence electrons. The van der Waals surface area contributed by atoms with Gasteiger partial charge < -0.3 is 5.73 Å². The van der Waals surface area contributed by atoms with Gasteiger partial charge in [-0.1, -0.05) is 25.1 Å². The molecule has 1 heterocycles. The molecule has 2 rings (SSSR count). The fourth-order valence-corrected chi connectivity index (χ4v) is 4.90. The summed E-state index contributed by atoms with van der Waals surface area (Å²) >= 11 is 3.72. The van der Waals surface area contributed by atoms with Crippen molar-refractivity contribution in [1.82, 2.24) is 4.98 Å². The molecule has 1 aliphatic rings. The van der Waals surface area contributed by atoms with Crippen molar-refractivity contribution in [2.24, 2.45) is 17.6 Å². The first-order chi connectivity index (χ1) is 7.69. The smallest absolute Gasteiger partial charge is 0.150 e. The van der Waals surface area contributed by atoms with E-state index in [1.807, 2.05) is 11.8 Å². The summed E-state index contributed by atoms with van der Waals surface area (Å²) in [6, 6.07) is 0. The second-order valence-electron chi connectivity index (χ2n) is 4.83. The molecule has 3 atom stereocenters. The average Bonchev–Trinajstić information content (AvgIpc) is 2.64. The minimum atomic E-state index is 0.680. The van der Waals surface area contributed by atoms with Gasteiger partial charge in [-0.05, 0) is 38.1 Å². The summed E-state index contributed by atoms with van der Waals surface area (Å²) in [4.78, 5) is 4.54. The highest BCUT2D eigenvalue weighted by Crippen LogP contribution is 2.40. The van der Waals surface area contributed by atoms with Crippen LogP contribution in [0.2, 0.25) is 0 Å². The molecule has 4 heteroatoms. The minimum absolute atomic E-state index is 0.680. The van der Waals surface area contributed by atoms with Gasteiger partial charge in [0.05, 0.1) is 0 Å². The zero-order valence-electron chi connectivity index (χ0n) is 9.98. The van der Waals surface area contributed by atoms with E-state index in [-0.39, 0.29) is 0 Å². The van der Waals surface area contributed by atoms with Crippen molar-refractivity contribution < 1.29 is 0 Å². The molecule has 3 unspecified atom stereocenters.